The zero-order valence-electron chi connectivity index (χ0n) is 11.8. The smallest absolute Gasteiger partial charge is 0.0452 e. The van der Waals surface area contributed by atoms with Gasteiger partial charge < -0.3 is 5.32 Å². The maximum atomic E-state index is 6.31. The van der Waals surface area contributed by atoms with E-state index in [-0.39, 0.29) is 0 Å². The Hall–Kier alpha value is -0.240. The summed E-state index contributed by atoms with van der Waals surface area (Å²) in [7, 11) is 2.04. The van der Waals surface area contributed by atoms with Crippen molar-refractivity contribution in [2.75, 3.05) is 13.6 Å². The molecular weight excluding hydrogens is 277 g/mol. The van der Waals surface area contributed by atoms with Gasteiger partial charge in [0.25, 0.3) is 0 Å². The quantitative estimate of drug-likeness (QED) is 0.841. The molecule has 0 amide bonds. The van der Waals surface area contributed by atoms with Gasteiger partial charge in [-0.25, -0.2) is 0 Å². The first kappa shape index (κ1) is 15.2. The standard InChI is InChI=1S/C16H23Cl2N/c1-11-6-7-12(10-19-2)13(8-11)9-14-15(17)4-3-5-16(14)18/h3-5,11-13,19H,6-10H2,1-2H3. The molecular formula is C16H23Cl2N. The predicted octanol–water partition coefficient (Wildman–Crippen LogP) is 4.81. The second-order valence-corrected chi connectivity index (χ2v) is 6.71. The molecule has 1 aliphatic rings. The van der Waals surface area contributed by atoms with Gasteiger partial charge in [0.1, 0.15) is 0 Å². The Kier molecular flexibility index (Phi) is 5.56. The topological polar surface area (TPSA) is 12.0 Å². The molecule has 1 saturated carbocycles. The van der Waals surface area contributed by atoms with Crippen LogP contribution in [0.15, 0.2) is 18.2 Å². The molecule has 0 spiro atoms. The van der Waals surface area contributed by atoms with Crippen LogP contribution in [0.3, 0.4) is 0 Å². The lowest BCUT2D eigenvalue weighted by molar-refractivity contribution is 0.186. The highest BCUT2D eigenvalue weighted by Crippen LogP contribution is 2.38. The molecule has 3 heteroatoms. The molecule has 0 radical (unpaired) electrons. The van der Waals surface area contributed by atoms with Gasteiger partial charge >= 0.3 is 0 Å². The van der Waals surface area contributed by atoms with E-state index in [2.05, 4.69) is 12.2 Å². The van der Waals surface area contributed by atoms with Gasteiger partial charge in [-0.1, -0.05) is 42.6 Å². The Labute approximate surface area is 126 Å². The van der Waals surface area contributed by atoms with Gasteiger partial charge in [0.2, 0.25) is 0 Å². The van der Waals surface area contributed by atoms with Crippen molar-refractivity contribution in [2.45, 2.75) is 32.6 Å². The van der Waals surface area contributed by atoms with Crippen LogP contribution in [0.2, 0.25) is 10.0 Å². The van der Waals surface area contributed by atoms with E-state index in [1.165, 1.54) is 19.3 Å². The molecule has 1 N–H and O–H groups in total. The first-order valence-corrected chi connectivity index (χ1v) is 7.95. The second-order valence-electron chi connectivity index (χ2n) is 5.90. The maximum Gasteiger partial charge on any atom is 0.0452 e. The van der Waals surface area contributed by atoms with E-state index >= 15 is 0 Å². The van der Waals surface area contributed by atoms with Crippen molar-refractivity contribution in [3.8, 4) is 0 Å². The molecule has 106 valence electrons. The molecule has 19 heavy (non-hydrogen) atoms. The van der Waals surface area contributed by atoms with E-state index < -0.39 is 0 Å². The first-order chi connectivity index (χ1) is 9.11. The molecule has 0 aromatic heterocycles. The molecule has 1 aliphatic carbocycles. The summed E-state index contributed by atoms with van der Waals surface area (Å²) in [4.78, 5) is 0. The van der Waals surface area contributed by atoms with Crippen molar-refractivity contribution in [3.05, 3.63) is 33.8 Å². The molecule has 2 rings (SSSR count). The minimum Gasteiger partial charge on any atom is -0.319 e. The largest absolute Gasteiger partial charge is 0.319 e. The van der Waals surface area contributed by atoms with Gasteiger partial charge in [-0.15, -0.1) is 0 Å². The molecule has 0 saturated heterocycles. The number of hydrogen-bond acceptors (Lipinski definition) is 1. The van der Waals surface area contributed by atoms with Crippen LogP contribution < -0.4 is 5.32 Å². The average Bonchev–Trinajstić information content (AvgIpc) is 2.37. The molecule has 1 fully saturated rings. The number of hydrogen-bond donors (Lipinski definition) is 1. The van der Waals surface area contributed by atoms with Crippen molar-refractivity contribution in [1.29, 1.82) is 0 Å². The molecule has 3 atom stereocenters. The summed E-state index contributed by atoms with van der Waals surface area (Å²) in [6.45, 7) is 3.45. The van der Waals surface area contributed by atoms with Crippen molar-refractivity contribution in [2.24, 2.45) is 17.8 Å². The van der Waals surface area contributed by atoms with E-state index in [9.17, 15) is 0 Å². The highest BCUT2D eigenvalue weighted by molar-refractivity contribution is 6.35. The fraction of sp³-hybridized carbons (Fsp3) is 0.625. The Bertz CT molecular complexity index is 399. The Balaban J connectivity index is 2.14. The van der Waals surface area contributed by atoms with E-state index in [0.29, 0.717) is 5.92 Å². The minimum atomic E-state index is 0.689. The van der Waals surface area contributed by atoms with Crippen LogP contribution in [0, 0.1) is 17.8 Å². The predicted molar refractivity (Wildman–Crippen MR) is 84.1 cm³/mol. The first-order valence-electron chi connectivity index (χ1n) is 7.19. The van der Waals surface area contributed by atoms with Crippen molar-refractivity contribution in [3.63, 3.8) is 0 Å². The molecule has 0 bridgehead atoms. The highest BCUT2D eigenvalue weighted by Gasteiger charge is 2.29. The monoisotopic (exact) mass is 299 g/mol. The summed E-state index contributed by atoms with van der Waals surface area (Å²) in [5, 5.41) is 4.96. The zero-order chi connectivity index (χ0) is 13.8. The molecule has 1 aromatic rings. The third kappa shape index (κ3) is 3.87. The number of rotatable bonds is 4. The van der Waals surface area contributed by atoms with Crippen LogP contribution in [0.1, 0.15) is 31.7 Å². The van der Waals surface area contributed by atoms with Crippen LogP contribution in [0.4, 0.5) is 0 Å². The van der Waals surface area contributed by atoms with Gasteiger partial charge in [0.15, 0.2) is 0 Å². The highest BCUT2D eigenvalue weighted by atomic mass is 35.5. The second kappa shape index (κ2) is 6.97. The van der Waals surface area contributed by atoms with Gasteiger partial charge in [-0.05, 0) is 68.3 Å². The third-order valence-corrected chi connectivity index (χ3v) is 5.10. The summed E-state index contributed by atoms with van der Waals surface area (Å²) in [6, 6.07) is 5.81. The lowest BCUT2D eigenvalue weighted by Crippen LogP contribution is -2.32. The van der Waals surface area contributed by atoms with Crippen LogP contribution in [0.5, 0.6) is 0 Å². The van der Waals surface area contributed by atoms with Crippen LogP contribution in [0.25, 0.3) is 0 Å². The molecule has 0 heterocycles. The lowest BCUT2D eigenvalue weighted by Gasteiger charge is -2.35. The van der Waals surface area contributed by atoms with E-state index in [1.807, 2.05) is 25.2 Å². The number of nitrogens with one attached hydrogen (secondary N) is 1. The van der Waals surface area contributed by atoms with E-state index in [4.69, 9.17) is 23.2 Å². The van der Waals surface area contributed by atoms with Gasteiger partial charge in [0, 0.05) is 10.0 Å². The summed E-state index contributed by atoms with van der Waals surface area (Å²) in [6.07, 6.45) is 4.96. The van der Waals surface area contributed by atoms with Gasteiger partial charge in [0.05, 0.1) is 0 Å². The van der Waals surface area contributed by atoms with E-state index in [0.717, 1.165) is 40.4 Å². The summed E-state index contributed by atoms with van der Waals surface area (Å²) in [5.74, 6) is 2.25. The Morgan fingerprint density at radius 3 is 2.47 bits per heavy atom. The van der Waals surface area contributed by atoms with Crippen LogP contribution >= 0.6 is 23.2 Å². The third-order valence-electron chi connectivity index (χ3n) is 4.40. The van der Waals surface area contributed by atoms with Gasteiger partial charge in [-0.2, -0.15) is 0 Å². The number of halogens is 2. The summed E-state index contributed by atoms with van der Waals surface area (Å²) < 4.78 is 0. The van der Waals surface area contributed by atoms with Gasteiger partial charge in [-0.3, -0.25) is 0 Å². The van der Waals surface area contributed by atoms with E-state index in [1.54, 1.807) is 0 Å². The average molecular weight is 300 g/mol. The van der Waals surface area contributed by atoms with Crippen molar-refractivity contribution in [1.82, 2.24) is 5.32 Å². The normalized spacial score (nSPS) is 27.5. The van der Waals surface area contributed by atoms with Crippen molar-refractivity contribution >= 4 is 23.2 Å². The van der Waals surface area contributed by atoms with Crippen molar-refractivity contribution < 1.29 is 0 Å². The Morgan fingerprint density at radius 2 is 1.84 bits per heavy atom. The molecule has 1 aromatic carbocycles. The lowest BCUT2D eigenvalue weighted by atomic mass is 9.72. The van der Waals surface area contributed by atoms with Crippen LogP contribution in [-0.2, 0) is 6.42 Å². The molecule has 3 unspecified atom stereocenters. The molecule has 0 aliphatic heterocycles. The summed E-state index contributed by atoms with van der Waals surface area (Å²) in [5.41, 5.74) is 1.13. The minimum absolute atomic E-state index is 0.689. The fourth-order valence-electron chi connectivity index (χ4n) is 3.33. The fourth-order valence-corrected chi connectivity index (χ4v) is 3.88. The Morgan fingerprint density at radius 1 is 1.16 bits per heavy atom. The molecule has 1 nitrogen and oxygen atoms in total. The SMILES string of the molecule is CNCC1CCC(C)CC1Cc1c(Cl)cccc1Cl. The maximum absolute atomic E-state index is 6.31. The zero-order valence-corrected chi connectivity index (χ0v) is 13.3. The number of benzene rings is 1. The summed E-state index contributed by atoms with van der Waals surface area (Å²) >= 11 is 12.6. The van der Waals surface area contributed by atoms with Crippen LogP contribution in [-0.4, -0.2) is 13.6 Å².